The number of amides is 1. The highest BCUT2D eigenvalue weighted by Crippen LogP contribution is 2.30. The molecule has 22 heavy (non-hydrogen) atoms. The molecule has 2 rings (SSSR count). The predicted octanol–water partition coefficient (Wildman–Crippen LogP) is 2.06. The lowest BCUT2D eigenvalue weighted by atomic mass is 9.82. The number of piperidine rings is 1. The van der Waals surface area contributed by atoms with Crippen molar-refractivity contribution in [3.05, 3.63) is 22.4 Å². The first-order chi connectivity index (χ1) is 10.4. The summed E-state index contributed by atoms with van der Waals surface area (Å²) in [5.41, 5.74) is 0. The highest BCUT2D eigenvalue weighted by atomic mass is 32.2. The van der Waals surface area contributed by atoms with Crippen molar-refractivity contribution >= 4 is 27.3 Å². The molecule has 0 bridgehead atoms. The van der Waals surface area contributed by atoms with Crippen LogP contribution in [0.3, 0.4) is 0 Å². The molecular weight excluding hydrogens is 320 g/mol. The lowest BCUT2D eigenvalue weighted by Gasteiger charge is -2.36. The number of carbonyl (C=O) groups excluding carboxylic acids is 1. The summed E-state index contributed by atoms with van der Waals surface area (Å²) in [5.74, 6) is 0.590. The van der Waals surface area contributed by atoms with Crippen molar-refractivity contribution < 1.29 is 13.2 Å². The summed E-state index contributed by atoms with van der Waals surface area (Å²) in [6, 6.07) is 3.98. The van der Waals surface area contributed by atoms with Gasteiger partial charge in [-0.15, -0.1) is 11.3 Å². The molecule has 0 aromatic carbocycles. The largest absolute Gasteiger partial charge is 0.351 e. The highest BCUT2D eigenvalue weighted by molar-refractivity contribution is 7.88. The average Bonchev–Trinajstić information content (AvgIpc) is 2.97. The lowest BCUT2D eigenvalue weighted by molar-refractivity contribution is -0.122. The topological polar surface area (TPSA) is 66.5 Å². The molecule has 124 valence electrons. The number of nitrogens with zero attached hydrogens (tertiary/aromatic N) is 1. The minimum atomic E-state index is -3.13. The van der Waals surface area contributed by atoms with Gasteiger partial charge in [0.1, 0.15) is 0 Å². The van der Waals surface area contributed by atoms with E-state index in [1.807, 2.05) is 17.5 Å². The van der Waals surface area contributed by atoms with E-state index < -0.39 is 10.0 Å². The van der Waals surface area contributed by atoms with Gasteiger partial charge in [-0.2, -0.15) is 0 Å². The molecule has 1 fully saturated rings. The van der Waals surface area contributed by atoms with Gasteiger partial charge >= 0.3 is 0 Å². The first-order valence-electron chi connectivity index (χ1n) is 7.64. The van der Waals surface area contributed by atoms with Crippen molar-refractivity contribution in [2.45, 2.75) is 32.7 Å². The van der Waals surface area contributed by atoms with Crippen LogP contribution in [0.25, 0.3) is 0 Å². The van der Waals surface area contributed by atoms with Gasteiger partial charge in [0.2, 0.25) is 15.9 Å². The van der Waals surface area contributed by atoms with E-state index in [1.165, 1.54) is 6.26 Å². The van der Waals surface area contributed by atoms with Crippen LogP contribution in [0.1, 0.15) is 31.1 Å². The van der Waals surface area contributed by atoms with E-state index in [0.29, 0.717) is 26.1 Å². The molecule has 0 unspecified atom stereocenters. The molecule has 1 aliphatic rings. The molecule has 1 aromatic rings. The maximum Gasteiger partial charge on any atom is 0.220 e. The Labute approximate surface area is 136 Å². The van der Waals surface area contributed by atoms with E-state index >= 15 is 0 Å². The zero-order valence-corrected chi connectivity index (χ0v) is 14.8. The van der Waals surface area contributed by atoms with Gasteiger partial charge in [-0.1, -0.05) is 19.4 Å². The molecule has 2 atom stereocenters. The zero-order chi connectivity index (χ0) is 16.2. The smallest absolute Gasteiger partial charge is 0.220 e. The van der Waals surface area contributed by atoms with Crippen molar-refractivity contribution in [1.29, 1.82) is 0 Å². The molecule has 0 aliphatic carbocycles. The van der Waals surface area contributed by atoms with E-state index in [-0.39, 0.29) is 17.7 Å². The molecule has 5 nitrogen and oxygen atoms in total. The molecular formula is C15H24N2O3S2. The van der Waals surface area contributed by atoms with Crippen LogP contribution in [0.2, 0.25) is 0 Å². The second-order valence-corrected chi connectivity index (χ2v) is 8.91. The van der Waals surface area contributed by atoms with Crippen molar-refractivity contribution in [2.75, 3.05) is 19.3 Å². The third-order valence-corrected chi connectivity index (χ3v) is 6.48. The van der Waals surface area contributed by atoms with Crippen molar-refractivity contribution in [2.24, 2.45) is 11.8 Å². The monoisotopic (exact) mass is 344 g/mol. The van der Waals surface area contributed by atoms with Gasteiger partial charge in [-0.25, -0.2) is 12.7 Å². The molecule has 2 heterocycles. The first-order valence-corrected chi connectivity index (χ1v) is 10.4. The number of thiophene rings is 1. The summed E-state index contributed by atoms with van der Waals surface area (Å²) in [5, 5.41) is 4.95. The molecule has 1 N–H and O–H groups in total. The maximum absolute atomic E-state index is 12.1. The fourth-order valence-electron chi connectivity index (χ4n) is 2.99. The highest BCUT2D eigenvalue weighted by Gasteiger charge is 2.32. The average molecular weight is 345 g/mol. The van der Waals surface area contributed by atoms with Crippen LogP contribution in [-0.4, -0.2) is 38.0 Å². The summed E-state index contributed by atoms with van der Waals surface area (Å²) in [6.45, 7) is 3.71. The summed E-state index contributed by atoms with van der Waals surface area (Å²) >= 11 is 1.63. The summed E-state index contributed by atoms with van der Waals surface area (Å²) in [4.78, 5) is 13.3. The van der Waals surface area contributed by atoms with Crippen LogP contribution in [-0.2, 0) is 21.4 Å². The Hall–Kier alpha value is -0.920. The second kappa shape index (κ2) is 7.57. The Morgan fingerprint density at radius 1 is 1.45 bits per heavy atom. The number of hydrogen-bond acceptors (Lipinski definition) is 4. The Morgan fingerprint density at radius 2 is 2.23 bits per heavy atom. The quantitative estimate of drug-likeness (QED) is 0.859. The molecule has 1 aliphatic heterocycles. The Balaban J connectivity index is 1.85. The van der Waals surface area contributed by atoms with Crippen molar-refractivity contribution in [3.8, 4) is 0 Å². The van der Waals surface area contributed by atoms with Crippen LogP contribution in [0, 0.1) is 11.8 Å². The van der Waals surface area contributed by atoms with Crippen LogP contribution in [0.15, 0.2) is 17.5 Å². The lowest BCUT2D eigenvalue weighted by Crippen LogP contribution is -2.44. The van der Waals surface area contributed by atoms with Crippen molar-refractivity contribution in [3.63, 3.8) is 0 Å². The minimum absolute atomic E-state index is 0.0599. The number of sulfonamides is 1. The van der Waals surface area contributed by atoms with E-state index in [2.05, 4.69) is 12.2 Å². The van der Waals surface area contributed by atoms with Gasteiger partial charge in [0.05, 0.1) is 12.8 Å². The molecule has 1 amide bonds. The standard InChI is InChI=1S/C15H24N2O3S2/c1-3-12-11-17(22(2,19)20)7-6-13(12)9-15(18)16-10-14-5-4-8-21-14/h4-5,8,12-13H,3,6-7,9-11H2,1-2H3,(H,16,18)/t12-,13-/m0/s1. The van der Waals surface area contributed by atoms with Crippen LogP contribution in [0.4, 0.5) is 0 Å². The number of hydrogen-bond donors (Lipinski definition) is 1. The number of carbonyl (C=O) groups is 1. The van der Waals surface area contributed by atoms with Gasteiger partial charge in [0.15, 0.2) is 0 Å². The minimum Gasteiger partial charge on any atom is -0.351 e. The Bertz CT molecular complexity index is 584. The third-order valence-electron chi connectivity index (χ3n) is 4.33. The van der Waals surface area contributed by atoms with E-state index in [9.17, 15) is 13.2 Å². The zero-order valence-electron chi connectivity index (χ0n) is 13.1. The van der Waals surface area contributed by atoms with Crippen molar-refractivity contribution in [1.82, 2.24) is 9.62 Å². The maximum atomic E-state index is 12.1. The van der Waals surface area contributed by atoms with Crippen LogP contribution in [0.5, 0.6) is 0 Å². The molecule has 1 saturated heterocycles. The fourth-order valence-corrected chi connectivity index (χ4v) is 4.53. The second-order valence-electron chi connectivity index (χ2n) is 5.90. The van der Waals surface area contributed by atoms with E-state index in [4.69, 9.17) is 0 Å². The van der Waals surface area contributed by atoms with Gasteiger partial charge in [-0.3, -0.25) is 4.79 Å². The Kier molecular flexibility index (Phi) is 6.00. The van der Waals surface area contributed by atoms with E-state index in [1.54, 1.807) is 15.6 Å². The molecule has 1 aromatic heterocycles. The normalized spacial score (nSPS) is 23.4. The van der Waals surface area contributed by atoms with Gasteiger partial charge in [0, 0.05) is 24.4 Å². The summed E-state index contributed by atoms with van der Waals surface area (Å²) in [7, 11) is -3.13. The predicted molar refractivity (Wildman–Crippen MR) is 89.1 cm³/mol. The number of nitrogens with one attached hydrogen (secondary N) is 1. The van der Waals surface area contributed by atoms with Gasteiger partial charge in [-0.05, 0) is 29.7 Å². The van der Waals surface area contributed by atoms with Gasteiger partial charge < -0.3 is 5.32 Å². The molecule has 0 radical (unpaired) electrons. The third kappa shape index (κ3) is 4.79. The molecule has 0 spiro atoms. The molecule has 0 saturated carbocycles. The summed E-state index contributed by atoms with van der Waals surface area (Å²) in [6.07, 6.45) is 3.40. The SMILES string of the molecule is CC[C@H]1CN(S(C)(=O)=O)CC[C@H]1CC(=O)NCc1cccs1. The number of rotatable bonds is 6. The van der Waals surface area contributed by atoms with Crippen LogP contribution >= 0.6 is 11.3 Å². The molecule has 7 heteroatoms. The van der Waals surface area contributed by atoms with Gasteiger partial charge in [0.25, 0.3) is 0 Å². The van der Waals surface area contributed by atoms with Crippen LogP contribution < -0.4 is 5.32 Å². The van der Waals surface area contributed by atoms with E-state index in [0.717, 1.165) is 17.7 Å². The fraction of sp³-hybridized carbons (Fsp3) is 0.667. The first kappa shape index (κ1) is 17.4. The summed E-state index contributed by atoms with van der Waals surface area (Å²) < 4.78 is 24.9. The Morgan fingerprint density at radius 3 is 2.82 bits per heavy atom.